The smallest absolute Gasteiger partial charge is 0.0531 e. The van der Waals surface area contributed by atoms with E-state index in [2.05, 4.69) is 0 Å². The number of hydrogen-bond acceptors (Lipinski definition) is 4. The number of rotatable bonds is 4. The van der Waals surface area contributed by atoms with Gasteiger partial charge in [-0.3, -0.25) is 0 Å². The minimum Gasteiger partial charge on any atom is -0.396 e. The van der Waals surface area contributed by atoms with E-state index in [1.807, 2.05) is 6.92 Å². The van der Waals surface area contributed by atoms with Gasteiger partial charge in [0.15, 0.2) is 0 Å². The fourth-order valence-electron chi connectivity index (χ4n) is 0.485. The molecule has 0 heterocycles. The van der Waals surface area contributed by atoms with Crippen molar-refractivity contribution in [3.8, 4) is 0 Å². The summed E-state index contributed by atoms with van der Waals surface area (Å²) in [6.45, 7) is 4.80. The Hall–Kier alpha value is 0.554. The van der Waals surface area contributed by atoms with Gasteiger partial charge in [0.05, 0.1) is 19.8 Å². The van der Waals surface area contributed by atoms with Crippen LogP contribution in [0.3, 0.4) is 0 Å². The van der Waals surface area contributed by atoms with Gasteiger partial charge in [0, 0.05) is 33.2 Å². The first-order valence-electron chi connectivity index (χ1n) is 4.48. The summed E-state index contributed by atoms with van der Waals surface area (Å²) >= 11 is 0. The van der Waals surface area contributed by atoms with Gasteiger partial charge in [-0.2, -0.15) is 0 Å². The van der Waals surface area contributed by atoms with Crippen molar-refractivity contribution in [3.05, 3.63) is 0 Å². The van der Waals surface area contributed by atoms with Crippen LogP contribution in [0.25, 0.3) is 0 Å². The first kappa shape index (κ1) is 20.0. The maximum atomic E-state index is 8.66. The first-order chi connectivity index (χ1) is 5.97. The molecular formula is C9H22O4Ti. The summed E-state index contributed by atoms with van der Waals surface area (Å²) in [5.74, 6) is 0. The zero-order valence-corrected chi connectivity index (χ0v) is 10.8. The van der Waals surface area contributed by atoms with Crippen LogP contribution in [0.4, 0.5) is 0 Å². The number of aliphatic hydroxyl groups is 4. The predicted octanol–water partition coefficient (Wildman–Crippen LogP) is -0.256. The standard InChI is InChI=1S/C6H14O3.C3H8O.Ti/c1-2-6(3-7,4-8)5-9;1-3(2)4;/h7-9H,2-5H2,1H3;3-4H,1-2H3;. The molecule has 0 aliphatic heterocycles. The summed E-state index contributed by atoms with van der Waals surface area (Å²) in [4.78, 5) is 0. The van der Waals surface area contributed by atoms with Crippen LogP contribution in [-0.2, 0) is 21.7 Å². The van der Waals surface area contributed by atoms with E-state index >= 15 is 0 Å². The molecule has 86 valence electrons. The summed E-state index contributed by atoms with van der Waals surface area (Å²) in [5, 5.41) is 34.0. The minimum atomic E-state index is -0.667. The Labute approximate surface area is 101 Å². The van der Waals surface area contributed by atoms with Crippen molar-refractivity contribution in [2.75, 3.05) is 19.8 Å². The molecule has 0 unspecified atom stereocenters. The second kappa shape index (κ2) is 11.6. The van der Waals surface area contributed by atoms with E-state index in [0.717, 1.165) is 0 Å². The average Bonchev–Trinajstić information content (AvgIpc) is 2.09. The van der Waals surface area contributed by atoms with Crippen molar-refractivity contribution in [1.29, 1.82) is 0 Å². The van der Waals surface area contributed by atoms with Crippen LogP contribution >= 0.6 is 0 Å². The molecule has 0 bridgehead atoms. The molecule has 0 rings (SSSR count). The van der Waals surface area contributed by atoms with E-state index in [0.29, 0.717) is 6.42 Å². The molecule has 0 spiro atoms. The average molecular weight is 242 g/mol. The van der Waals surface area contributed by atoms with Crippen LogP contribution in [0.1, 0.15) is 27.2 Å². The first-order valence-corrected chi connectivity index (χ1v) is 4.48. The molecule has 4 nitrogen and oxygen atoms in total. The molecule has 0 saturated carbocycles. The topological polar surface area (TPSA) is 80.9 Å². The van der Waals surface area contributed by atoms with Crippen molar-refractivity contribution in [1.82, 2.24) is 0 Å². The molecule has 4 N–H and O–H groups in total. The normalized spacial score (nSPS) is 10.3. The quantitative estimate of drug-likeness (QED) is 0.512. The van der Waals surface area contributed by atoms with E-state index in [1.165, 1.54) is 0 Å². The fraction of sp³-hybridized carbons (Fsp3) is 1.00. The van der Waals surface area contributed by atoms with E-state index < -0.39 is 5.41 Å². The van der Waals surface area contributed by atoms with Gasteiger partial charge in [0.2, 0.25) is 0 Å². The van der Waals surface area contributed by atoms with Gasteiger partial charge in [0.25, 0.3) is 0 Å². The summed E-state index contributed by atoms with van der Waals surface area (Å²) in [6, 6.07) is 0. The van der Waals surface area contributed by atoms with Crippen LogP contribution in [-0.4, -0.2) is 46.4 Å². The summed E-state index contributed by atoms with van der Waals surface area (Å²) in [7, 11) is 0. The van der Waals surface area contributed by atoms with Crippen LogP contribution in [0.2, 0.25) is 0 Å². The SMILES string of the molecule is CC(C)O.CCC(CO)(CO)CO.[Ti]. The summed E-state index contributed by atoms with van der Waals surface area (Å²) in [6.07, 6.45) is 0.427. The molecule has 0 atom stereocenters. The number of hydrogen-bond donors (Lipinski definition) is 4. The molecule has 0 aliphatic carbocycles. The monoisotopic (exact) mass is 242 g/mol. The van der Waals surface area contributed by atoms with Gasteiger partial charge in [-0.25, -0.2) is 0 Å². The van der Waals surface area contributed by atoms with Crippen molar-refractivity contribution >= 4 is 0 Å². The van der Waals surface area contributed by atoms with E-state index in [1.54, 1.807) is 13.8 Å². The Morgan fingerprint density at radius 2 is 1.21 bits per heavy atom. The Balaban J connectivity index is -0.000000209. The zero-order chi connectivity index (χ0) is 10.9. The van der Waals surface area contributed by atoms with E-state index in [4.69, 9.17) is 20.4 Å². The second-order valence-electron chi connectivity index (χ2n) is 3.42. The third-order valence-electron chi connectivity index (χ3n) is 1.76. The zero-order valence-electron chi connectivity index (χ0n) is 9.19. The van der Waals surface area contributed by atoms with Crippen molar-refractivity contribution in [2.45, 2.75) is 33.3 Å². The van der Waals surface area contributed by atoms with Crippen molar-refractivity contribution in [2.24, 2.45) is 5.41 Å². The molecule has 0 aromatic carbocycles. The summed E-state index contributed by atoms with van der Waals surface area (Å²) < 4.78 is 0. The van der Waals surface area contributed by atoms with Crippen molar-refractivity contribution in [3.63, 3.8) is 0 Å². The van der Waals surface area contributed by atoms with Gasteiger partial charge in [-0.05, 0) is 20.3 Å². The molecule has 14 heavy (non-hydrogen) atoms. The van der Waals surface area contributed by atoms with Gasteiger partial charge in [0.1, 0.15) is 0 Å². The Kier molecular flexibility index (Phi) is 16.6. The number of aliphatic hydroxyl groups excluding tert-OH is 4. The Morgan fingerprint density at radius 3 is 1.21 bits per heavy atom. The van der Waals surface area contributed by atoms with Crippen LogP contribution in [0, 0.1) is 5.41 Å². The van der Waals surface area contributed by atoms with Gasteiger partial charge < -0.3 is 20.4 Å². The maximum absolute atomic E-state index is 8.66. The fourth-order valence-corrected chi connectivity index (χ4v) is 0.485. The van der Waals surface area contributed by atoms with Crippen LogP contribution in [0.5, 0.6) is 0 Å². The molecule has 0 saturated heterocycles. The Morgan fingerprint density at radius 1 is 1.00 bits per heavy atom. The summed E-state index contributed by atoms with van der Waals surface area (Å²) in [5.41, 5.74) is -0.667. The third-order valence-corrected chi connectivity index (χ3v) is 1.76. The van der Waals surface area contributed by atoms with E-state index in [9.17, 15) is 0 Å². The molecular weight excluding hydrogens is 220 g/mol. The maximum Gasteiger partial charge on any atom is 0.0531 e. The second-order valence-corrected chi connectivity index (χ2v) is 3.42. The van der Waals surface area contributed by atoms with Crippen molar-refractivity contribution < 1.29 is 42.1 Å². The van der Waals surface area contributed by atoms with Gasteiger partial charge in [-0.15, -0.1) is 0 Å². The molecule has 0 radical (unpaired) electrons. The van der Waals surface area contributed by atoms with Crippen LogP contribution in [0.15, 0.2) is 0 Å². The van der Waals surface area contributed by atoms with E-state index in [-0.39, 0.29) is 47.6 Å². The molecule has 0 fully saturated rings. The van der Waals surface area contributed by atoms with Crippen LogP contribution < -0.4 is 0 Å². The Bertz CT molecular complexity index is 84.7. The minimum absolute atomic E-state index is 0. The molecule has 0 amide bonds. The van der Waals surface area contributed by atoms with Gasteiger partial charge >= 0.3 is 0 Å². The predicted molar refractivity (Wildman–Crippen MR) is 51.3 cm³/mol. The molecule has 0 aromatic rings. The largest absolute Gasteiger partial charge is 0.396 e. The molecule has 0 aromatic heterocycles. The van der Waals surface area contributed by atoms with Gasteiger partial charge in [-0.1, -0.05) is 6.92 Å². The molecule has 5 heteroatoms. The third kappa shape index (κ3) is 10.6. The molecule has 0 aliphatic rings.